The van der Waals surface area contributed by atoms with Gasteiger partial charge < -0.3 is 4.74 Å². The lowest BCUT2D eigenvalue weighted by atomic mass is 9.95. The van der Waals surface area contributed by atoms with Gasteiger partial charge in [0.25, 0.3) is 0 Å². The molecular formula is C18H24F3NO2. The highest BCUT2D eigenvalue weighted by Gasteiger charge is 2.31. The summed E-state index contributed by atoms with van der Waals surface area (Å²) in [5.41, 5.74) is 0.0471. The van der Waals surface area contributed by atoms with Crippen LogP contribution in [-0.4, -0.2) is 36.6 Å². The Hall–Kier alpha value is -1.56. The number of carbonyl (C=O) groups is 1. The highest BCUT2D eigenvalue weighted by Crippen LogP contribution is 2.30. The highest BCUT2D eigenvalue weighted by molar-refractivity contribution is 5.72. The Morgan fingerprint density at radius 2 is 2.17 bits per heavy atom. The first-order chi connectivity index (χ1) is 11.3. The molecule has 134 valence electrons. The van der Waals surface area contributed by atoms with Crippen molar-refractivity contribution >= 4 is 5.97 Å². The maximum atomic E-state index is 12.8. The van der Waals surface area contributed by atoms with Crippen LogP contribution in [0.4, 0.5) is 13.2 Å². The molecule has 2 unspecified atom stereocenters. The molecule has 0 bridgehead atoms. The second-order valence-corrected chi connectivity index (χ2v) is 6.34. The van der Waals surface area contributed by atoms with E-state index in [0.717, 1.165) is 25.5 Å². The Balaban J connectivity index is 1.99. The molecule has 6 heteroatoms. The van der Waals surface area contributed by atoms with Crippen molar-refractivity contribution in [2.45, 2.75) is 45.3 Å². The summed E-state index contributed by atoms with van der Waals surface area (Å²) < 4.78 is 43.5. The van der Waals surface area contributed by atoms with Gasteiger partial charge in [-0.25, -0.2) is 0 Å². The van der Waals surface area contributed by atoms with E-state index < -0.39 is 11.7 Å². The van der Waals surface area contributed by atoms with E-state index >= 15 is 0 Å². The predicted molar refractivity (Wildman–Crippen MR) is 85.5 cm³/mol. The minimum Gasteiger partial charge on any atom is -0.466 e. The van der Waals surface area contributed by atoms with Crippen LogP contribution in [0.3, 0.4) is 0 Å². The van der Waals surface area contributed by atoms with Crippen LogP contribution < -0.4 is 0 Å². The molecule has 3 nitrogen and oxygen atoms in total. The van der Waals surface area contributed by atoms with Gasteiger partial charge in [0.15, 0.2) is 0 Å². The second-order valence-electron chi connectivity index (χ2n) is 6.34. The van der Waals surface area contributed by atoms with Gasteiger partial charge in [-0.3, -0.25) is 9.69 Å². The van der Waals surface area contributed by atoms with Crippen molar-refractivity contribution in [2.75, 3.05) is 19.7 Å². The van der Waals surface area contributed by atoms with Gasteiger partial charge >= 0.3 is 12.1 Å². The molecule has 24 heavy (non-hydrogen) atoms. The highest BCUT2D eigenvalue weighted by atomic mass is 19.4. The van der Waals surface area contributed by atoms with E-state index in [4.69, 9.17) is 4.74 Å². The van der Waals surface area contributed by atoms with Crippen molar-refractivity contribution < 1.29 is 22.7 Å². The number of piperidine rings is 1. The Kier molecular flexibility index (Phi) is 6.27. The van der Waals surface area contributed by atoms with Crippen LogP contribution in [0.15, 0.2) is 24.3 Å². The zero-order valence-corrected chi connectivity index (χ0v) is 14.1. The molecule has 0 aliphatic carbocycles. The van der Waals surface area contributed by atoms with Crippen LogP contribution in [0.25, 0.3) is 0 Å². The van der Waals surface area contributed by atoms with Crippen molar-refractivity contribution in [2.24, 2.45) is 5.92 Å². The summed E-state index contributed by atoms with van der Waals surface area (Å²) in [7, 11) is 0. The SMILES string of the molecule is CCOC(=O)C1CCCN(C(C)Cc2cccc(C(F)(F)F)c2)C1. The van der Waals surface area contributed by atoms with Gasteiger partial charge in [0.05, 0.1) is 18.1 Å². The lowest BCUT2D eigenvalue weighted by Gasteiger charge is -2.36. The maximum Gasteiger partial charge on any atom is 0.416 e. The number of nitrogens with zero attached hydrogens (tertiary/aromatic N) is 1. The van der Waals surface area contributed by atoms with Gasteiger partial charge in [-0.2, -0.15) is 13.2 Å². The summed E-state index contributed by atoms with van der Waals surface area (Å²) >= 11 is 0. The van der Waals surface area contributed by atoms with Gasteiger partial charge in [-0.05, 0) is 51.3 Å². The summed E-state index contributed by atoms with van der Waals surface area (Å²) in [6.45, 7) is 5.62. The number of rotatable bonds is 5. The average molecular weight is 343 g/mol. The standard InChI is InChI=1S/C18H24F3NO2/c1-3-24-17(23)15-7-5-9-22(12-15)13(2)10-14-6-4-8-16(11-14)18(19,20)21/h4,6,8,11,13,15H,3,5,7,9-10,12H2,1-2H3. The Bertz CT molecular complexity index is 559. The van der Waals surface area contributed by atoms with Gasteiger partial charge in [0, 0.05) is 12.6 Å². The van der Waals surface area contributed by atoms with E-state index in [9.17, 15) is 18.0 Å². The number of carbonyl (C=O) groups excluding carboxylic acids is 1. The third kappa shape index (κ3) is 4.97. The molecule has 2 atom stereocenters. The molecule has 0 amide bonds. The molecule has 1 aromatic carbocycles. The molecule has 1 aliphatic heterocycles. The van der Waals surface area contributed by atoms with Gasteiger partial charge in [-0.1, -0.05) is 18.2 Å². The molecule has 1 saturated heterocycles. The van der Waals surface area contributed by atoms with E-state index in [1.54, 1.807) is 13.0 Å². The fourth-order valence-electron chi connectivity index (χ4n) is 3.20. The minimum atomic E-state index is -4.32. The predicted octanol–water partition coefficient (Wildman–Crippen LogP) is 3.91. The topological polar surface area (TPSA) is 29.5 Å². The molecule has 1 aliphatic rings. The van der Waals surface area contributed by atoms with E-state index in [1.165, 1.54) is 12.1 Å². The molecule has 2 rings (SSSR count). The van der Waals surface area contributed by atoms with Crippen molar-refractivity contribution in [1.29, 1.82) is 0 Å². The van der Waals surface area contributed by atoms with Crippen LogP contribution in [-0.2, 0) is 22.1 Å². The zero-order chi connectivity index (χ0) is 17.7. The normalized spacial score (nSPS) is 20.6. The van der Waals surface area contributed by atoms with E-state index in [2.05, 4.69) is 4.90 Å². The molecular weight excluding hydrogens is 319 g/mol. The molecule has 0 saturated carbocycles. The fraction of sp³-hybridized carbons (Fsp3) is 0.611. The monoisotopic (exact) mass is 343 g/mol. The van der Waals surface area contributed by atoms with E-state index in [-0.39, 0.29) is 17.9 Å². The number of halogens is 3. The van der Waals surface area contributed by atoms with Crippen molar-refractivity contribution in [3.05, 3.63) is 35.4 Å². The number of hydrogen-bond acceptors (Lipinski definition) is 3. The van der Waals surface area contributed by atoms with Crippen LogP contribution in [0.1, 0.15) is 37.8 Å². The first-order valence-corrected chi connectivity index (χ1v) is 8.38. The Morgan fingerprint density at radius 3 is 2.83 bits per heavy atom. The minimum absolute atomic E-state index is 0.0747. The van der Waals surface area contributed by atoms with E-state index in [1.807, 2.05) is 6.92 Å². The van der Waals surface area contributed by atoms with Crippen LogP contribution >= 0.6 is 0 Å². The third-order valence-corrected chi connectivity index (χ3v) is 4.48. The van der Waals surface area contributed by atoms with Gasteiger partial charge in [0.2, 0.25) is 0 Å². The zero-order valence-electron chi connectivity index (χ0n) is 14.1. The quantitative estimate of drug-likeness (QED) is 0.759. The average Bonchev–Trinajstić information content (AvgIpc) is 2.54. The molecule has 0 spiro atoms. The summed E-state index contributed by atoms with van der Waals surface area (Å²) in [5, 5.41) is 0. The second kappa shape index (κ2) is 8.01. The molecule has 0 aromatic heterocycles. The molecule has 0 N–H and O–H groups in total. The molecule has 1 heterocycles. The lowest BCUT2D eigenvalue weighted by Crippen LogP contribution is -2.44. The summed E-state index contributed by atoms with van der Waals surface area (Å²) in [5.74, 6) is -0.309. The summed E-state index contributed by atoms with van der Waals surface area (Å²) in [6, 6.07) is 5.54. The first-order valence-electron chi connectivity index (χ1n) is 8.38. The maximum absolute atomic E-state index is 12.8. The fourth-order valence-corrected chi connectivity index (χ4v) is 3.20. The number of ether oxygens (including phenoxy) is 1. The summed E-state index contributed by atoms with van der Waals surface area (Å²) in [6.07, 6.45) is -2.08. The lowest BCUT2D eigenvalue weighted by molar-refractivity contribution is -0.150. The molecule has 1 fully saturated rings. The van der Waals surface area contributed by atoms with Crippen LogP contribution in [0.2, 0.25) is 0 Å². The number of esters is 1. The number of benzene rings is 1. The number of hydrogen-bond donors (Lipinski definition) is 0. The number of alkyl halides is 3. The van der Waals surface area contributed by atoms with Crippen LogP contribution in [0.5, 0.6) is 0 Å². The summed E-state index contributed by atoms with van der Waals surface area (Å²) in [4.78, 5) is 14.1. The van der Waals surface area contributed by atoms with E-state index in [0.29, 0.717) is 25.1 Å². The smallest absolute Gasteiger partial charge is 0.416 e. The van der Waals surface area contributed by atoms with Crippen molar-refractivity contribution in [3.8, 4) is 0 Å². The third-order valence-electron chi connectivity index (χ3n) is 4.48. The number of likely N-dealkylation sites (tertiary alicyclic amines) is 1. The van der Waals surface area contributed by atoms with Gasteiger partial charge in [-0.15, -0.1) is 0 Å². The first kappa shape index (κ1) is 18.8. The van der Waals surface area contributed by atoms with Crippen LogP contribution in [0, 0.1) is 5.92 Å². The van der Waals surface area contributed by atoms with Crippen molar-refractivity contribution in [3.63, 3.8) is 0 Å². The largest absolute Gasteiger partial charge is 0.466 e. The van der Waals surface area contributed by atoms with Gasteiger partial charge in [0.1, 0.15) is 0 Å². The van der Waals surface area contributed by atoms with Crippen molar-refractivity contribution in [1.82, 2.24) is 4.90 Å². The molecule has 0 radical (unpaired) electrons. The molecule has 1 aromatic rings. The Labute approximate surface area is 140 Å². The Morgan fingerprint density at radius 1 is 1.42 bits per heavy atom.